The van der Waals surface area contributed by atoms with E-state index in [1.54, 1.807) is 0 Å². The Morgan fingerprint density at radius 2 is 2.12 bits per heavy atom. The predicted octanol–water partition coefficient (Wildman–Crippen LogP) is 3.12. The van der Waals surface area contributed by atoms with Crippen LogP contribution in [0.2, 0.25) is 0 Å². The zero-order valence-electron chi connectivity index (χ0n) is 9.29. The van der Waals surface area contributed by atoms with E-state index in [2.05, 4.69) is 44.4 Å². The van der Waals surface area contributed by atoms with Crippen LogP contribution < -0.4 is 5.32 Å². The zero-order valence-corrected chi connectivity index (χ0v) is 10.9. The highest BCUT2D eigenvalue weighted by Crippen LogP contribution is 2.31. The normalized spacial score (nSPS) is 12.7. The third kappa shape index (κ3) is 2.03. The number of rotatable bonds is 3. The Morgan fingerprint density at radius 3 is 2.81 bits per heavy atom. The SMILES string of the molecule is CNC(C)c1cn[nH]c1-c1ccccc1Br. The average molecular weight is 280 g/mol. The standard InChI is InChI=1S/C12H14BrN3/c1-8(14-2)10-7-15-16-12(10)9-5-3-4-6-11(9)13/h3-8,14H,1-2H3,(H,15,16). The first-order valence-corrected chi connectivity index (χ1v) is 5.98. The highest BCUT2D eigenvalue weighted by Gasteiger charge is 2.14. The van der Waals surface area contributed by atoms with Crippen LogP contribution in [0.15, 0.2) is 34.9 Å². The number of halogens is 1. The Labute approximate surface area is 103 Å². The highest BCUT2D eigenvalue weighted by atomic mass is 79.9. The molecule has 0 radical (unpaired) electrons. The van der Waals surface area contributed by atoms with Gasteiger partial charge in [-0.25, -0.2) is 0 Å². The molecule has 0 saturated carbocycles. The van der Waals surface area contributed by atoms with Crippen LogP contribution in [0.3, 0.4) is 0 Å². The maximum atomic E-state index is 4.12. The number of hydrogen-bond acceptors (Lipinski definition) is 2. The molecule has 0 aliphatic carbocycles. The lowest BCUT2D eigenvalue weighted by molar-refractivity contribution is 0.654. The molecule has 0 fully saturated rings. The molecule has 2 rings (SSSR count). The van der Waals surface area contributed by atoms with Crippen LogP contribution in [0.1, 0.15) is 18.5 Å². The minimum atomic E-state index is 0.279. The smallest absolute Gasteiger partial charge is 0.0709 e. The Balaban J connectivity index is 2.49. The summed E-state index contributed by atoms with van der Waals surface area (Å²) in [6.07, 6.45) is 1.87. The minimum Gasteiger partial charge on any atom is -0.313 e. The molecule has 0 aliphatic heterocycles. The lowest BCUT2D eigenvalue weighted by Crippen LogP contribution is -2.12. The molecule has 2 N–H and O–H groups in total. The first kappa shape index (κ1) is 11.4. The third-order valence-electron chi connectivity index (χ3n) is 2.71. The molecule has 1 heterocycles. The molecule has 84 valence electrons. The third-order valence-corrected chi connectivity index (χ3v) is 3.40. The topological polar surface area (TPSA) is 40.7 Å². The fourth-order valence-corrected chi connectivity index (χ4v) is 2.14. The van der Waals surface area contributed by atoms with E-state index in [0.717, 1.165) is 15.7 Å². The fourth-order valence-electron chi connectivity index (χ4n) is 1.66. The van der Waals surface area contributed by atoms with Gasteiger partial charge in [0.25, 0.3) is 0 Å². The van der Waals surface area contributed by atoms with Gasteiger partial charge in [-0.2, -0.15) is 5.10 Å². The van der Waals surface area contributed by atoms with Crippen molar-refractivity contribution in [3.05, 3.63) is 40.5 Å². The van der Waals surface area contributed by atoms with E-state index >= 15 is 0 Å². The van der Waals surface area contributed by atoms with Crippen LogP contribution in [-0.2, 0) is 0 Å². The second-order valence-corrected chi connectivity index (χ2v) is 4.54. The Hall–Kier alpha value is -1.13. The second kappa shape index (κ2) is 4.80. The van der Waals surface area contributed by atoms with Gasteiger partial charge in [0.05, 0.1) is 11.9 Å². The summed E-state index contributed by atoms with van der Waals surface area (Å²) in [5.41, 5.74) is 3.38. The molecule has 1 aromatic heterocycles. The molecule has 0 aliphatic rings. The zero-order chi connectivity index (χ0) is 11.5. The molecule has 4 heteroatoms. The van der Waals surface area contributed by atoms with Crippen LogP contribution >= 0.6 is 15.9 Å². The quantitative estimate of drug-likeness (QED) is 0.907. The van der Waals surface area contributed by atoms with Gasteiger partial charge in [0.1, 0.15) is 0 Å². The van der Waals surface area contributed by atoms with Gasteiger partial charge in [-0.05, 0) is 20.0 Å². The maximum Gasteiger partial charge on any atom is 0.0709 e. The molecule has 0 saturated heterocycles. The molecule has 0 spiro atoms. The van der Waals surface area contributed by atoms with Crippen molar-refractivity contribution in [2.24, 2.45) is 0 Å². The maximum absolute atomic E-state index is 4.12. The van der Waals surface area contributed by atoms with Crippen molar-refractivity contribution in [1.82, 2.24) is 15.5 Å². The molecular weight excluding hydrogens is 266 g/mol. The number of H-pyrrole nitrogens is 1. The number of nitrogens with one attached hydrogen (secondary N) is 2. The van der Waals surface area contributed by atoms with E-state index in [1.807, 2.05) is 31.4 Å². The predicted molar refractivity (Wildman–Crippen MR) is 69.2 cm³/mol. The Bertz CT molecular complexity index is 479. The summed E-state index contributed by atoms with van der Waals surface area (Å²) in [5.74, 6) is 0. The fraction of sp³-hybridized carbons (Fsp3) is 0.250. The lowest BCUT2D eigenvalue weighted by Gasteiger charge is -2.11. The van der Waals surface area contributed by atoms with Crippen molar-refractivity contribution in [3.63, 3.8) is 0 Å². The van der Waals surface area contributed by atoms with Gasteiger partial charge in [0.15, 0.2) is 0 Å². The molecule has 0 bridgehead atoms. The highest BCUT2D eigenvalue weighted by molar-refractivity contribution is 9.10. The number of benzene rings is 1. The van der Waals surface area contributed by atoms with Gasteiger partial charge >= 0.3 is 0 Å². The van der Waals surface area contributed by atoms with E-state index in [0.29, 0.717) is 0 Å². The van der Waals surface area contributed by atoms with Crippen molar-refractivity contribution in [2.75, 3.05) is 7.05 Å². The molecule has 3 nitrogen and oxygen atoms in total. The summed E-state index contributed by atoms with van der Waals surface area (Å²) in [6, 6.07) is 8.41. The Kier molecular flexibility index (Phi) is 3.41. The van der Waals surface area contributed by atoms with E-state index in [-0.39, 0.29) is 6.04 Å². The van der Waals surface area contributed by atoms with E-state index in [4.69, 9.17) is 0 Å². The summed E-state index contributed by atoms with van der Waals surface area (Å²) < 4.78 is 1.07. The number of nitrogens with zero attached hydrogens (tertiary/aromatic N) is 1. The van der Waals surface area contributed by atoms with Crippen molar-refractivity contribution in [2.45, 2.75) is 13.0 Å². The molecule has 1 atom stereocenters. The first-order valence-electron chi connectivity index (χ1n) is 5.19. The molecule has 0 amide bonds. The molecule has 16 heavy (non-hydrogen) atoms. The molecule has 1 unspecified atom stereocenters. The van der Waals surface area contributed by atoms with Crippen LogP contribution in [-0.4, -0.2) is 17.2 Å². The van der Waals surface area contributed by atoms with Crippen molar-refractivity contribution in [1.29, 1.82) is 0 Å². The summed E-state index contributed by atoms with van der Waals surface area (Å²) in [4.78, 5) is 0. The van der Waals surface area contributed by atoms with E-state index < -0.39 is 0 Å². The monoisotopic (exact) mass is 279 g/mol. The summed E-state index contributed by atoms with van der Waals surface area (Å²) in [7, 11) is 1.95. The van der Waals surface area contributed by atoms with Crippen LogP contribution in [0.5, 0.6) is 0 Å². The summed E-state index contributed by atoms with van der Waals surface area (Å²) in [6.45, 7) is 2.12. The van der Waals surface area contributed by atoms with Crippen molar-refractivity contribution >= 4 is 15.9 Å². The molecular formula is C12H14BrN3. The molecule has 1 aromatic carbocycles. The largest absolute Gasteiger partial charge is 0.313 e. The van der Waals surface area contributed by atoms with Gasteiger partial charge in [0.2, 0.25) is 0 Å². The van der Waals surface area contributed by atoms with Gasteiger partial charge in [-0.3, -0.25) is 5.10 Å². The number of aromatic amines is 1. The average Bonchev–Trinajstić information content (AvgIpc) is 2.77. The van der Waals surface area contributed by atoms with Gasteiger partial charge < -0.3 is 5.32 Å². The van der Waals surface area contributed by atoms with Gasteiger partial charge in [-0.1, -0.05) is 34.1 Å². The van der Waals surface area contributed by atoms with E-state index in [1.165, 1.54) is 5.56 Å². The van der Waals surface area contributed by atoms with Crippen LogP contribution in [0, 0.1) is 0 Å². The minimum absolute atomic E-state index is 0.279. The van der Waals surface area contributed by atoms with E-state index in [9.17, 15) is 0 Å². The lowest BCUT2D eigenvalue weighted by atomic mass is 10.0. The summed E-state index contributed by atoms with van der Waals surface area (Å²) in [5, 5.41) is 10.4. The Morgan fingerprint density at radius 1 is 1.38 bits per heavy atom. The van der Waals surface area contributed by atoms with Gasteiger partial charge in [0, 0.05) is 21.6 Å². The summed E-state index contributed by atoms with van der Waals surface area (Å²) >= 11 is 3.55. The van der Waals surface area contributed by atoms with Gasteiger partial charge in [-0.15, -0.1) is 0 Å². The van der Waals surface area contributed by atoms with Crippen molar-refractivity contribution in [3.8, 4) is 11.3 Å². The molecule has 2 aromatic rings. The van der Waals surface area contributed by atoms with Crippen molar-refractivity contribution < 1.29 is 0 Å². The number of aromatic nitrogens is 2. The number of hydrogen-bond donors (Lipinski definition) is 2. The first-order chi connectivity index (χ1) is 7.74. The second-order valence-electron chi connectivity index (χ2n) is 3.69. The van der Waals surface area contributed by atoms with Crippen LogP contribution in [0.25, 0.3) is 11.3 Å². The van der Waals surface area contributed by atoms with Crippen LogP contribution in [0.4, 0.5) is 0 Å².